The molecule has 2 heterocycles. The molecule has 42 heavy (non-hydrogen) atoms. The van der Waals surface area contributed by atoms with E-state index in [2.05, 4.69) is 4.99 Å². The highest BCUT2D eigenvalue weighted by molar-refractivity contribution is 7.07. The fourth-order valence-electron chi connectivity index (χ4n) is 4.50. The van der Waals surface area contributed by atoms with Crippen molar-refractivity contribution in [2.24, 2.45) is 4.99 Å². The molecule has 0 radical (unpaired) electrons. The number of carbonyl (C=O) groups is 2. The van der Waals surface area contributed by atoms with Gasteiger partial charge in [-0.3, -0.25) is 9.36 Å². The van der Waals surface area contributed by atoms with E-state index in [0.717, 1.165) is 0 Å². The van der Waals surface area contributed by atoms with Gasteiger partial charge in [-0.25, -0.2) is 14.6 Å². The third-order valence-electron chi connectivity index (χ3n) is 6.20. The van der Waals surface area contributed by atoms with Crippen molar-refractivity contribution in [1.82, 2.24) is 4.57 Å². The zero-order valence-corrected chi connectivity index (χ0v) is 25.3. The first-order valence-corrected chi connectivity index (χ1v) is 14.4. The Morgan fingerprint density at radius 3 is 2.52 bits per heavy atom. The maximum absolute atomic E-state index is 13.9. The van der Waals surface area contributed by atoms with Gasteiger partial charge in [0, 0.05) is 0 Å². The molecule has 0 N–H and O–H groups in total. The van der Waals surface area contributed by atoms with Crippen molar-refractivity contribution < 1.29 is 33.3 Å². The van der Waals surface area contributed by atoms with Crippen LogP contribution in [0.2, 0.25) is 0 Å². The van der Waals surface area contributed by atoms with Crippen LogP contribution in [-0.4, -0.2) is 49.5 Å². The molecule has 0 saturated carbocycles. The van der Waals surface area contributed by atoms with Crippen LogP contribution in [0, 0.1) is 0 Å². The molecule has 3 aromatic rings. The van der Waals surface area contributed by atoms with Crippen LogP contribution >= 0.6 is 11.3 Å². The van der Waals surface area contributed by atoms with E-state index in [1.165, 1.54) is 23.0 Å². The van der Waals surface area contributed by atoms with Gasteiger partial charge in [0.05, 0.1) is 48.3 Å². The van der Waals surface area contributed by atoms with Crippen LogP contribution in [-0.2, 0) is 19.1 Å². The summed E-state index contributed by atoms with van der Waals surface area (Å²) in [5.41, 5.74) is 1.74. The molecule has 1 atom stereocenters. The summed E-state index contributed by atoms with van der Waals surface area (Å²) in [6.45, 7) is 9.23. The molecule has 1 aromatic heterocycles. The van der Waals surface area contributed by atoms with Gasteiger partial charge in [0.25, 0.3) is 5.56 Å². The second kappa shape index (κ2) is 13.5. The summed E-state index contributed by atoms with van der Waals surface area (Å²) in [4.78, 5) is 43.9. The third-order valence-corrected chi connectivity index (χ3v) is 7.18. The van der Waals surface area contributed by atoms with Crippen molar-refractivity contribution in [2.75, 3.05) is 26.9 Å². The molecule has 10 nitrogen and oxygen atoms in total. The summed E-state index contributed by atoms with van der Waals surface area (Å²) >= 11 is 1.21. The van der Waals surface area contributed by atoms with Crippen LogP contribution in [0.1, 0.15) is 51.8 Å². The van der Waals surface area contributed by atoms with E-state index in [4.69, 9.17) is 23.7 Å². The molecular weight excluding hydrogens is 560 g/mol. The molecule has 1 aliphatic rings. The smallest absolute Gasteiger partial charge is 0.344 e. The van der Waals surface area contributed by atoms with Crippen LogP contribution < -0.4 is 29.1 Å². The van der Waals surface area contributed by atoms with E-state index in [1.54, 1.807) is 57.2 Å². The molecule has 0 aliphatic carbocycles. The van der Waals surface area contributed by atoms with Gasteiger partial charge >= 0.3 is 11.9 Å². The molecule has 0 bridgehead atoms. The Labute approximate surface area is 247 Å². The summed E-state index contributed by atoms with van der Waals surface area (Å²) in [5, 5.41) is 0. The Bertz CT molecular complexity index is 1690. The number of methoxy groups -OCH3 is 1. The molecule has 0 saturated heterocycles. The minimum absolute atomic E-state index is 0.0753. The van der Waals surface area contributed by atoms with Crippen molar-refractivity contribution in [3.63, 3.8) is 0 Å². The Kier molecular flexibility index (Phi) is 9.84. The van der Waals surface area contributed by atoms with Gasteiger partial charge < -0.3 is 23.7 Å². The van der Waals surface area contributed by atoms with Crippen molar-refractivity contribution in [2.45, 2.75) is 46.8 Å². The number of rotatable bonds is 11. The molecule has 1 aliphatic heterocycles. The second-order valence-corrected chi connectivity index (χ2v) is 10.6. The second-order valence-electron chi connectivity index (χ2n) is 9.55. The first-order chi connectivity index (χ1) is 20.2. The van der Waals surface area contributed by atoms with Gasteiger partial charge in [-0.05, 0) is 76.1 Å². The van der Waals surface area contributed by atoms with Crippen molar-refractivity contribution >= 4 is 29.4 Å². The zero-order chi connectivity index (χ0) is 30.4. The van der Waals surface area contributed by atoms with E-state index in [0.29, 0.717) is 43.4 Å². The van der Waals surface area contributed by atoms with Crippen LogP contribution in [0.25, 0.3) is 6.08 Å². The first kappa shape index (κ1) is 30.6. The Morgan fingerprint density at radius 2 is 1.83 bits per heavy atom. The highest BCUT2D eigenvalue weighted by Crippen LogP contribution is 2.36. The number of esters is 2. The summed E-state index contributed by atoms with van der Waals surface area (Å²) in [5.74, 6) is 0.460. The summed E-state index contributed by atoms with van der Waals surface area (Å²) in [6.07, 6.45) is 1.65. The van der Waals surface area contributed by atoms with Crippen molar-refractivity contribution in [3.8, 4) is 17.2 Å². The molecule has 0 unspecified atom stereocenters. The van der Waals surface area contributed by atoms with Gasteiger partial charge in [0.1, 0.15) is 5.75 Å². The molecule has 4 rings (SSSR count). The van der Waals surface area contributed by atoms with Gasteiger partial charge in [0.2, 0.25) is 0 Å². The number of fused-ring (bicyclic) bond motifs is 1. The first-order valence-electron chi connectivity index (χ1n) is 13.6. The maximum atomic E-state index is 13.9. The monoisotopic (exact) mass is 594 g/mol. The van der Waals surface area contributed by atoms with E-state index in [-0.39, 0.29) is 37.1 Å². The Balaban J connectivity index is 1.82. The van der Waals surface area contributed by atoms with Gasteiger partial charge in [-0.15, -0.1) is 0 Å². The minimum atomic E-state index is -0.802. The fraction of sp³-hybridized carbons (Fsp3) is 0.355. The average molecular weight is 595 g/mol. The zero-order valence-electron chi connectivity index (χ0n) is 24.5. The number of thiazole rings is 1. The predicted octanol–water partition coefficient (Wildman–Crippen LogP) is 3.54. The lowest BCUT2D eigenvalue weighted by Gasteiger charge is -2.25. The number of aromatic nitrogens is 1. The third kappa shape index (κ3) is 6.73. The molecule has 0 fully saturated rings. The van der Waals surface area contributed by atoms with Gasteiger partial charge in [0.15, 0.2) is 22.9 Å². The molecule has 222 valence electrons. The van der Waals surface area contributed by atoms with Crippen molar-refractivity contribution in [1.29, 1.82) is 0 Å². The largest absolute Gasteiger partial charge is 0.493 e. The van der Waals surface area contributed by atoms with Crippen LogP contribution in [0.5, 0.6) is 17.2 Å². The van der Waals surface area contributed by atoms with Gasteiger partial charge in [-0.2, -0.15) is 0 Å². The Hall–Kier alpha value is -4.38. The number of carbonyl (C=O) groups excluding carboxylic acids is 2. The number of benzene rings is 2. The number of ether oxygens (including phenoxy) is 5. The predicted molar refractivity (Wildman–Crippen MR) is 158 cm³/mol. The lowest BCUT2D eigenvalue weighted by molar-refractivity contribution is -0.145. The number of allylic oxidation sites excluding steroid dienone is 1. The van der Waals surface area contributed by atoms with Crippen molar-refractivity contribution in [3.05, 3.63) is 84.5 Å². The molecular formula is C31H34N2O8S. The lowest BCUT2D eigenvalue weighted by atomic mass is 9.95. The summed E-state index contributed by atoms with van der Waals surface area (Å²) in [7, 11) is 1.54. The van der Waals surface area contributed by atoms with Crippen LogP contribution in [0.4, 0.5) is 0 Å². The lowest BCUT2D eigenvalue weighted by Crippen LogP contribution is -2.40. The topological polar surface area (TPSA) is 115 Å². The van der Waals surface area contributed by atoms with Crippen LogP contribution in [0.15, 0.2) is 63.5 Å². The fourth-order valence-corrected chi connectivity index (χ4v) is 5.55. The van der Waals surface area contributed by atoms with E-state index in [9.17, 15) is 14.4 Å². The minimum Gasteiger partial charge on any atom is -0.493 e. The highest BCUT2D eigenvalue weighted by Gasteiger charge is 2.34. The SMILES string of the molecule is CCOC(=O)COc1cccc(/C=c2/sc3n(c2=O)[C@@H](c2ccc(OC(C)C)c(OC)c2)C(C(=O)OCC)=C(C)N=3)c1. The highest BCUT2D eigenvalue weighted by atomic mass is 32.1. The normalized spacial score (nSPS) is 14.7. The average Bonchev–Trinajstić information content (AvgIpc) is 3.25. The molecule has 0 amide bonds. The quantitative estimate of drug-likeness (QED) is 0.310. The summed E-state index contributed by atoms with van der Waals surface area (Å²) in [6, 6.07) is 11.6. The van der Waals surface area contributed by atoms with Crippen LogP contribution in [0.3, 0.4) is 0 Å². The van der Waals surface area contributed by atoms with E-state index in [1.807, 2.05) is 26.0 Å². The molecule has 0 spiro atoms. The number of hydrogen-bond donors (Lipinski definition) is 0. The number of nitrogens with zero attached hydrogens (tertiary/aromatic N) is 2. The molecule has 2 aromatic carbocycles. The molecule has 11 heteroatoms. The summed E-state index contributed by atoms with van der Waals surface area (Å²) < 4.78 is 29.2. The Morgan fingerprint density at radius 1 is 1.07 bits per heavy atom. The standard InChI is InChI=1S/C31H34N2O8S/c1-7-38-26(34)17-40-22-11-9-10-20(14-22)15-25-29(35)33-28(21-12-13-23(41-18(3)4)24(16-21)37-6)27(30(36)39-8-2)19(5)32-31(33)42-25/h9-16,18,28H,7-8,17H2,1-6H3/b25-15+/t28-/m0/s1. The van der Waals surface area contributed by atoms with E-state index >= 15 is 0 Å². The number of hydrogen-bond acceptors (Lipinski definition) is 10. The maximum Gasteiger partial charge on any atom is 0.344 e. The van der Waals surface area contributed by atoms with E-state index < -0.39 is 18.0 Å². The van der Waals surface area contributed by atoms with Gasteiger partial charge in [-0.1, -0.05) is 29.5 Å².